The van der Waals surface area contributed by atoms with E-state index in [-0.39, 0.29) is 18.5 Å². The molecule has 0 saturated carbocycles. The van der Waals surface area contributed by atoms with Crippen LogP contribution in [-0.2, 0) is 4.79 Å². The molecule has 1 saturated heterocycles. The summed E-state index contributed by atoms with van der Waals surface area (Å²) in [5.74, 6) is -0.720. The number of aliphatic carboxylic acids is 1. The molecule has 1 fully saturated rings. The maximum atomic E-state index is 10.4. The highest BCUT2D eigenvalue weighted by Crippen LogP contribution is 2.15. The van der Waals surface area contributed by atoms with E-state index < -0.39 is 5.97 Å². The molecule has 0 spiro atoms. The van der Waals surface area contributed by atoms with Crippen molar-refractivity contribution in [1.82, 2.24) is 4.90 Å². The van der Waals surface area contributed by atoms with Gasteiger partial charge in [0.15, 0.2) is 0 Å². The van der Waals surface area contributed by atoms with E-state index in [1.165, 1.54) is 0 Å². The van der Waals surface area contributed by atoms with E-state index >= 15 is 0 Å². The average Bonchev–Trinajstić information content (AvgIpc) is 1.94. The van der Waals surface area contributed by atoms with E-state index in [1.807, 2.05) is 6.92 Å². The first-order valence-electron chi connectivity index (χ1n) is 4.35. The van der Waals surface area contributed by atoms with Crippen LogP contribution >= 0.6 is 0 Å². The van der Waals surface area contributed by atoms with Gasteiger partial charge in [0.2, 0.25) is 0 Å². The van der Waals surface area contributed by atoms with Gasteiger partial charge in [-0.1, -0.05) is 6.92 Å². The molecule has 1 rings (SSSR count). The number of carbonyl (C=O) groups is 1. The molecule has 1 aliphatic rings. The smallest absolute Gasteiger partial charge is 0.304 e. The second-order valence-electron chi connectivity index (χ2n) is 3.37. The Morgan fingerprint density at radius 1 is 1.75 bits per heavy atom. The number of nitrogens with two attached hydrogens (primary N) is 1. The van der Waals surface area contributed by atoms with Gasteiger partial charge < -0.3 is 10.8 Å². The largest absolute Gasteiger partial charge is 0.481 e. The first-order chi connectivity index (χ1) is 5.63. The average molecular weight is 172 g/mol. The third-order valence-electron chi connectivity index (χ3n) is 2.34. The molecule has 3 N–H and O–H groups in total. The van der Waals surface area contributed by atoms with Crippen molar-refractivity contribution in [2.24, 2.45) is 5.73 Å². The quantitative estimate of drug-likeness (QED) is 0.620. The van der Waals surface area contributed by atoms with Crippen LogP contribution in [0.2, 0.25) is 0 Å². The molecule has 0 radical (unpaired) electrons. The molecular weight excluding hydrogens is 156 g/mol. The van der Waals surface area contributed by atoms with Gasteiger partial charge in [0.1, 0.15) is 0 Å². The lowest BCUT2D eigenvalue weighted by Crippen LogP contribution is -2.59. The Labute approximate surface area is 72.3 Å². The van der Waals surface area contributed by atoms with Crippen molar-refractivity contribution in [3.8, 4) is 0 Å². The third kappa shape index (κ3) is 2.19. The Bertz CT molecular complexity index is 166. The summed E-state index contributed by atoms with van der Waals surface area (Å²) in [6, 6.07) is 0.440. The molecule has 0 amide bonds. The summed E-state index contributed by atoms with van der Waals surface area (Å²) >= 11 is 0. The maximum Gasteiger partial charge on any atom is 0.304 e. The van der Waals surface area contributed by atoms with Crippen LogP contribution in [0.4, 0.5) is 0 Å². The summed E-state index contributed by atoms with van der Waals surface area (Å²) < 4.78 is 0. The highest BCUT2D eigenvalue weighted by Gasteiger charge is 2.29. The molecule has 0 bridgehead atoms. The lowest BCUT2D eigenvalue weighted by Gasteiger charge is -2.41. The third-order valence-corrected chi connectivity index (χ3v) is 2.34. The van der Waals surface area contributed by atoms with Crippen LogP contribution < -0.4 is 5.73 Å². The molecule has 12 heavy (non-hydrogen) atoms. The van der Waals surface area contributed by atoms with Crippen molar-refractivity contribution in [2.75, 3.05) is 13.1 Å². The first-order valence-corrected chi connectivity index (χ1v) is 4.35. The second-order valence-corrected chi connectivity index (χ2v) is 3.37. The topological polar surface area (TPSA) is 66.6 Å². The lowest BCUT2D eigenvalue weighted by atomic mass is 10.0. The zero-order chi connectivity index (χ0) is 9.14. The van der Waals surface area contributed by atoms with Crippen LogP contribution in [0.15, 0.2) is 0 Å². The molecule has 0 aliphatic carbocycles. The van der Waals surface area contributed by atoms with Crippen molar-refractivity contribution in [3.63, 3.8) is 0 Å². The van der Waals surface area contributed by atoms with E-state index in [0.717, 1.165) is 19.5 Å². The van der Waals surface area contributed by atoms with Gasteiger partial charge in [0.05, 0.1) is 6.42 Å². The fourth-order valence-corrected chi connectivity index (χ4v) is 1.58. The molecule has 0 aromatic carbocycles. The van der Waals surface area contributed by atoms with E-state index in [0.29, 0.717) is 0 Å². The number of hydrogen-bond donors (Lipinski definition) is 2. The maximum absolute atomic E-state index is 10.4. The van der Waals surface area contributed by atoms with Crippen molar-refractivity contribution in [1.29, 1.82) is 0 Å². The molecule has 0 aromatic heterocycles. The van der Waals surface area contributed by atoms with Gasteiger partial charge in [-0.2, -0.15) is 0 Å². The Balaban J connectivity index is 2.30. The van der Waals surface area contributed by atoms with Gasteiger partial charge in [-0.05, 0) is 6.42 Å². The van der Waals surface area contributed by atoms with Crippen LogP contribution in [0.25, 0.3) is 0 Å². The standard InChI is InChI=1S/C8H16N2O2/c1-2-7(3-8(11)12)10-4-6(9)5-10/h6-7H,2-5,9H2,1H3,(H,11,12). The van der Waals surface area contributed by atoms with Crippen molar-refractivity contribution >= 4 is 5.97 Å². The highest BCUT2D eigenvalue weighted by atomic mass is 16.4. The molecule has 4 heteroatoms. The normalized spacial score (nSPS) is 21.8. The summed E-state index contributed by atoms with van der Waals surface area (Å²) in [5, 5.41) is 8.59. The SMILES string of the molecule is CCC(CC(=O)O)N1CC(N)C1. The van der Waals surface area contributed by atoms with Gasteiger partial charge in [-0.25, -0.2) is 0 Å². The Kier molecular flexibility index (Phi) is 3.05. The van der Waals surface area contributed by atoms with Crippen LogP contribution in [-0.4, -0.2) is 41.1 Å². The summed E-state index contributed by atoms with van der Waals surface area (Å²) in [6.45, 7) is 3.72. The number of nitrogens with zero attached hydrogens (tertiary/aromatic N) is 1. The predicted molar refractivity (Wildman–Crippen MR) is 45.9 cm³/mol. The van der Waals surface area contributed by atoms with E-state index in [4.69, 9.17) is 10.8 Å². The molecule has 1 unspecified atom stereocenters. The van der Waals surface area contributed by atoms with Gasteiger partial charge in [0.25, 0.3) is 0 Å². The van der Waals surface area contributed by atoms with Crippen LogP contribution in [0.3, 0.4) is 0 Å². The molecule has 1 atom stereocenters. The monoisotopic (exact) mass is 172 g/mol. The Morgan fingerprint density at radius 3 is 2.67 bits per heavy atom. The number of likely N-dealkylation sites (tertiary alicyclic amines) is 1. The lowest BCUT2D eigenvalue weighted by molar-refractivity contribution is -0.139. The Hall–Kier alpha value is -0.610. The first kappa shape index (κ1) is 9.48. The fraction of sp³-hybridized carbons (Fsp3) is 0.875. The van der Waals surface area contributed by atoms with Gasteiger partial charge in [-0.3, -0.25) is 9.69 Å². The summed E-state index contributed by atoms with van der Waals surface area (Å²) in [6.07, 6.45) is 1.13. The van der Waals surface area contributed by atoms with Crippen molar-refractivity contribution in [3.05, 3.63) is 0 Å². The van der Waals surface area contributed by atoms with Crippen LogP contribution in [0, 0.1) is 0 Å². The van der Waals surface area contributed by atoms with E-state index in [9.17, 15) is 4.79 Å². The van der Waals surface area contributed by atoms with Crippen LogP contribution in [0.5, 0.6) is 0 Å². The van der Waals surface area contributed by atoms with Gasteiger partial charge in [0, 0.05) is 25.2 Å². The zero-order valence-corrected chi connectivity index (χ0v) is 7.36. The minimum Gasteiger partial charge on any atom is -0.481 e. The minimum atomic E-state index is -0.720. The fourth-order valence-electron chi connectivity index (χ4n) is 1.58. The molecule has 1 aliphatic heterocycles. The van der Waals surface area contributed by atoms with Crippen molar-refractivity contribution in [2.45, 2.75) is 31.8 Å². The Morgan fingerprint density at radius 2 is 2.33 bits per heavy atom. The highest BCUT2D eigenvalue weighted by molar-refractivity contribution is 5.67. The number of carboxylic acid groups (broad SMARTS) is 1. The van der Waals surface area contributed by atoms with Crippen molar-refractivity contribution < 1.29 is 9.90 Å². The van der Waals surface area contributed by atoms with Gasteiger partial charge >= 0.3 is 5.97 Å². The molecular formula is C8H16N2O2. The van der Waals surface area contributed by atoms with E-state index in [1.54, 1.807) is 0 Å². The summed E-state index contributed by atoms with van der Waals surface area (Å²) in [4.78, 5) is 12.6. The summed E-state index contributed by atoms with van der Waals surface area (Å²) in [7, 11) is 0. The predicted octanol–water partition coefficient (Wildman–Crippen LogP) is -0.117. The van der Waals surface area contributed by atoms with Gasteiger partial charge in [-0.15, -0.1) is 0 Å². The molecule has 4 nitrogen and oxygen atoms in total. The second kappa shape index (κ2) is 3.87. The van der Waals surface area contributed by atoms with E-state index in [2.05, 4.69) is 4.90 Å². The number of carboxylic acids is 1. The zero-order valence-electron chi connectivity index (χ0n) is 7.36. The molecule has 0 aromatic rings. The number of hydrogen-bond acceptors (Lipinski definition) is 3. The minimum absolute atomic E-state index is 0.183. The van der Waals surface area contributed by atoms with Crippen LogP contribution in [0.1, 0.15) is 19.8 Å². The number of rotatable bonds is 4. The molecule has 70 valence electrons. The molecule has 1 heterocycles. The summed E-state index contributed by atoms with van der Waals surface area (Å²) in [5.41, 5.74) is 5.60.